The average molecular weight is 817 g/mol. The van der Waals surface area contributed by atoms with Gasteiger partial charge in [0, 0.05) is 39.4 Å². The van der Waals surface area contributed by atoms with Gasteiger partial charge in [-0.05, 0) is 79.2 Å². The zero-order valence-electron chi connectivity index (χ0n) is 25.9. The van der Waals surface area contributed by atoms with Crippen molar-refractivity contribution in [3.63, 3.8) is 0 Å². The molecule has 1 fully saturated rings. The van der Waals surface area contributed by atoms with Gasteiger partial charge in [-0.3, -0.25) is 19.3 Å². The third-order valence-corrected chi connectivity index (χ3v) is 10.4. The Bertz CT molecular complexity index is 1700. The van der Waals surface area contributed by atoms with Crippen molar-refractivity contribution < 1.29 is 37.0 Å². The van der Waals surface area contributed by atoms with Crippen molar-refractivity contribution in [1.82, 2.24) is 14.5 Å². The maximum absolute atomic E-state index is 13.5. The number of aryl methyl sites for hydroxylation is 1. The van der Waals surface area contributed by atoms with Crippen LogP contribution < -0.4 is 0 Å². The van der Waals surface area contributed by atoms with Gasteiger partial charge in [0.25, 0.3) is 0 Å². The number of rotatable bonds is 10. The van der Waals surface area contributed by atoms with Gasteiger partial charge in [-0.1, -0.05) is 45.7 Å². The Labute approximate surface area is 297 Å². The molecule has 9 nitrogen and oxygen atoms in total. The number of pyridine rings is 1. The molecule has 0 amide bonds. The molecule has 1 aliphatic heterocycles. The van der Waals surface area contributed by atoms with Gasteiger partial charge in [0.05, 0.1) is 34.1 Å². The number of nitrogens with zero attached hydrogens (tertiary/aromatic N) is 4. The van der Waals surface area contributed by atoms with Crippen molar-refractivity contribution in [1.29, 1.82) is 0 Å². The van der Waals surface area contributed by atoms with E-state index in [4.69, 9.17) is 30.8 Å². The lowest BCUT2D eigenvalue weighted by molar-refractivity contribution is -0.201. The van der Waals surface area contributed by atoms with Crippen LogP contribution in [0, 0.1) is 18.8 Å². The molecule has 3 heterocycles. The van der Waals surface area contributed by atoms with E-state index in [1.54, 1.807) is 31.5 Å². The van der Waals surface area contributed by atoms with E-state index in [1.165, 1.54) is 6.08 Å². The third-order valence-electron chi connectivity index (χ3n) is 8.23. The Morgan fingerprint density at radius 2 is 1.94 bits per heavy atom. The Morgan fingerprint density at radius 1 is 1.15 bits per heavy atom. The van der Waals surface area contributed by atoms with Crippen LogP contribution in [0.5, 0.6) is 0 Å². The van der Waals surface area contributed by atoms with E-state index in [0.717, 1.165) is 16.9 Å². The van der Waals surface area contributed by atoms with Crippen LogP contribution >= 0.6 is 43.5 Å². The second-order valence-corrected chi connectivity index (χ2v) is 13.9. The first kappa shape index (κ1) is 36.2. The summed E-state index contributed by atoms with van der Waals surface area (Å²) in [4.78, 5) is 38.6. The molecule has 5 rings (SSSR count). The normalized spacial score (nSPS) is 22.4. The minimum atomic E-state index is -4.34. The quantitative estimate of drug-likeness (QED) is 0.0884. The number of ether oxygens (including phenoxy) is 3. The first-order valence-corrected chi connectivity index (χ1v) is 17.3. The number of aromatic nitrogens is 3. The number of halogens is 6. The zero-order valence-corrected chi connectivity index (χ0v) is 29.9. The maximum atomic E-state index is 13.5. The highest BCUT2D eigenvalue weighted by Gasteiger charge is 2.49. The zero-order chi connectivity index (χ0) is 34.6. The van der Waals surface area contributed by atoms with E-state index < -0.39 is 60.3 Å². The summed E-state index contributed by atoms with van der Waals surface area (Å²) < 4.78 is 59.0. The number of hydrogen-bond donors (Lipinski definition) is 0. The maximum Gasteiger partial charge on any atom is 0.392 e. The SMILES string of the molecule is C/C=C/C1CC(OCOC(=O)COC(=O)CC[C@@H]2N=C(c3ccccn3)c3cc(Br)c(Cl)cc3-n3c(C)cnc32)C(Br)CC1C(F)(F)F. The molecule has 2 aliphatic rings. The van der Waals surface area contributed by atoms with E-state index in [1.807, 2.05) is 35.8 Å². The highest BCUT2D eigenvalue weighted by atomic mass is 79.9. The van der Waals surface area contributed by atoms with Gasteiger partial charge in [-0.15, -0.1) is 0 Å². The number of aliphatic imine (C=N–C) groups is 1. The molecule has 1 aliphatic carbocycles. The second-order valence-electron chi connectivity index (χ2n) is 11.4. The molecule has 0 N–H and O–H groups in total. The molecule has 1 saturated carbocycles. The van der Waals surface area contributed by atoms with Crippen LogP contribution in [0.2, 0.25) is 5.02 Å². The number of allylic oxidation sites excluding steroid dienone is 2. The molecule has 2 aromatic heterocycles. The molecule has 0 saturated heterocycles. The van der Waals surface area contributed by atoms with Crippen LogP contribution in [0.15, 0.2) is 64.3 Å². The molecule has 15 heteroatoms. The summed E-state index contributed by atoms with van der Waals surface area (Å²) in [6, 6.07) is 8.66. The van der Waals surface area contributed by atoms with E-state index in [0.29, 0.717) is 26.7 Å². The summed E-state index contributed by atoms with van der Waals surface area (Å²) in [6.07, 6.45) is 1.65. The number of carbonyl (C=O) groups excluding carboxylic acids is 2. The molecule has 0 spiro atoms. The Kier molecular flexibility index (Phi) is 11.8. The summed E-state index contributed by atoms with van der Waals surface area (Å²) in [5.41, 5.74) is 3.62. The highest BCUT2D eigenvalue weighted by Crippen LogP contribution is 2.45. The minimum Gasteiger partial charge on any atom is -0.454 e. The van der Waals surface area contributed by atoms with Crippen molar-refractivity contribution in [2.24, 2.45) is 16.8 Å². The number of benzene rings is 1. The van der Waals surface area contributed by atoms with E-state index in [-0.39, 0.29) is 25.7 Å². The van der Waals surface area contributed by atoms with Gasteiger partial charge >= 0.3 is 18.1 Å². The first-order valence-electron chi connectivity index (χ1n) is 15.2. The lowest BCUT2D eigenvalue weighted by Crippen LogP contribution is -2.43. The Hall–Kier alpha value is -3.07. The topological polar surface area (TPSA) is 105 Å². The minimum absolute atomic E-state index is 0.0831. The third kappa shape index (κ3) is 8.38. The number of hydrogen-bond acceptors (Lipinski definition) is 8. The van der Waals surface area contributed by atoms with Gasteiger partial charge in [-0.2, -0.15) is 13.2 Å². The fourth-order valence-corrected chi connectivity index (χ4v) is 7.22. The van der Waals surface area contributed by atoms with Crippen molar-refractivity contribution in [3.05, 3.63) is 87.1 Å². The van der Waals surface area contributed by atoms with E-state index in [9.17, 15) is 22.8 Å². The molecule has 0 bridgehead atoms. The van der Waals surface area contributed by atoms with Gasteiger partial charge in [-0.25, -0.2) is 9.78 Å². The van der Waals surface area contributed by atoms with E-state index in [2.05, 4.69) is 41.8 Å². The van der Waals surface area contributed by atoms with Crippen molar-refractivity contribution >= 4 is 61.1 Å². The fourth-order valence-electron chi connectivity index (χ4n) is 5.95. The number of esters is 2. The van der Waals surface area contributed by atoms with Crippen LogP contribution in [-0.2, 0) is 23.8 Å². The molecule has 256 valence electrons. The van der Waals surface area contributed by atoms with Crippen LogP contribution in [0.4, 0.5) is 13.2 Å². The Morgan fingerprint density at radius 3 is 2.65 bits per heavy atom. The molecular formula is C33H32Br2ClF3N4O5. The molecule has 4 unspecified atom stereocenters. The van der Waals surface area contributed by atoms with Crippen LogP contribution in [-0.4, -0.2) is 62.7 Å². The number of fused-ring (bicyclic) bond motifs is 3. The van der Waals surface area contributed by atoms with Gasteiger partial charge in [0.1, 0.15) is 11.9 Å². The predicted molar refractivity (Wildman–Crippen MR) is 179 cm³/mol. The summed E-state index contributed by atoms with van der Waals surface area (Å²) >= 11 is 13.3. The summed E-state index contributed by atoms with van der Waals surface area (Å²) in [5, 5.41) is 0.506. The smallest absolute Gasteiger partial charge is 0.392 e. The summed E-state index contributed by atoms with van der Waals surface area (Å²) in [5.74, 6) is -3.14. The van der Waals surface area contributed by atoms with Gasteiger partial charge < -0.3 is 14.2 Å². The molecule has 3 aromatic rings. The fraction of sp³-hybridized carbons (Fsp3) is 0.424. The number of carbonyl (C=O) groups is 2. The summed E-state index contributed by atoms with van der Waals surface area (Å²) in [6.45, 7) is 2.44. The predicted octanol–water partition coefficient (Wildman–Crippen LogP) is 8.02. The second kappa shape index (κ2) is 15.6. The average Bonchev–Trinajstić information content (AvgIpc) is 3.37. The molecule has 0 radical (unpaired) electrons. The monoisotopic (exact) mass is 814 g/mol. The Balaban J connectivity index is 1.19. The number of alkyl halides is 4. The van der Waals surface area contributed by atoms with Crippen LogP contribution in [0.3, 0.4) is 0 Å². The lowest BCUT2D eigenvalue weighted by Gasteiger charge is -2.38. The lowest BCUT2D eigenvalue weighted by atomic mass is 9.77. The van der Waals surface area contributed by atoms with Crippen LogP contribution in [0.25, 0.3) is 5.69 Å². The van der Waals surface area contributed by atoms with Crippen LogP contribution in [0.1, 0.15) is 61.4 Å². The van der Waals surface area contributed by atoms with Crippen molar-refractivity contribution in [3.8, 4) is 5.69 Å². The number of imidazole rings is 1. The molecule has 1 aromatic carbocycles. The molecule has 48 heavy (non-hydrogen) atoms. The molecule has 5 atom stereocenters. The molecular weight excluding hydrogens is 785 g/mol. The van der Waals surface area contributed by atoms with Crippen molar-refractivity contribution in [2.45, 2.75) is 62.7 Å². The van der Waals surface area contributed by atoms with Crippen molar-refractivity contribution in [2.75, 3.05) is 13.4 Å². The largest absolute Gasteiger partial charge is 0.454 e. The standard InChI is InChI=1S/C33H32Br2ClF3N4O5/c1-3-6-19-11-28(23(35)13-21(19)33(37,38)39)47-17-48-30(45)16-46-29(44)9-8-26-32-41-15-18(2)43(32)27-14-24(36)22(34)12-20(27)31(42-26)25-7-4-5-10-40-25/h3-7,10,12,14-15,19,21,23,26,28H,8-9,11,13,16-17H2,1-2H3/b6-3+/t19?,21?,23?,26-,28?/m0/s1. The van der Waals surface area contributed by atoms with Gasteiger partial charge in [0.15, 0.2) is 13.4 Å². The van der Waals surface area contributed by atoms with Gasteiger partial charge in [0.2, 0.25) is 0 Å². The summed E-state index contributed by atoms with van der Waals surface area (Å²) in [7, 11) is 0. The van der Waals surface area contributed by atoms with E-state index >= 15 is 0 Å². The first-order chi connectivity index (χ1) is 22.9. The highest BCUT2D eigenvalue weighted by molar-refractivity contribution is 9.10.